The van der Waals surface area contributed by atoms with E-state index < -0.39 is 11.8 Å². The zero-order valence-electron chi connectivity index (χ0n) is 16.9. The van der Waals surface area contributed by atoms with Gasteiger partial charge in [-0.05, 0) is 61.1 Å². The van der Waals surface area contributed by atoms with E-state index >= 15 is 0 Å². The fraction of sp³-hybridized carbons (Fsp3) is 0.364. The molecule has 0 bridgehead atoms. The van der Waals surface area contributed by atoms with Crippen molar-refractivity contribution in [2.45, 2.75) is 40.0 Å². The average Bonchev–Trinajstić information content (AvgIpc) is 2.68. The molecule has 0 radical (unpaired) electrons. The van der Waals surface area contributed by atoms with Gasteiger partial charge in [-0.3, -0.25) is 20.4 Å². The maximum absolute atomic E-state index is 11.9. The maximum atomic E-state index is 11.9. The highest BCUT2D eigenvalue weighted by Crippen LogP contribution is 2.28. The van der Waals surface area contributed by atoms with Gasteiger partial charge in [-0.2, -0.15) is 0 Å². The van der Waals surface area contributed by atoms with Crippen molar-refractivity contribution in [3.05, 3.63) is 59.2 Å². The van der Waals surface area contributed by atoms with Crippen molar-refractivity contribution in [1.82, 2.24) is 10.9 Å². The van der Waals surface area contributed by atoms with Gasteiger partial charge in [0.2, 0.25) is 0 Å². The lowest BCUT2D eigenvalue weighted by Crippen LogP contribution is -2.45. The summed E-state index contributed by atoms with van der Waals surface area (Å²) in [6.07, 6.45) is 0.975. The number of carbonyl (C=O) groups is 2. The number of hydrogen-bond donors (Lipinski definition) is 2. The van der Waals surface area contributed by atoms with Crippen molar-refractivity contribution in [3.63, 3.8) is 0 Å². The van der Waals surface area contributed by atoms with Gasteiger partial charge in [-0.25, -0.2) is 0 Å². The van der Waals surface area contributed by atoms with E-state index in [1.807, 2.05) is 56.3 Å². The van der Waals surface area contributed by atoms with Crippen LogP contribution in [0.5, 0.6) is 11.5 Å². The second-order valence-electron chi connectivity index (χ2n) is 6.84. The van der Waals surface area contributed by atoms with Gasteiger partial charge in [0.25, 0.3) is 11.8 Å². The number of ether oxygens (including phenoxy) is 2. The van der Waals surface area contributed by atoms with E-state index in [1.54, 1.807) is 0 Å². The predicted molar refractivity (Wildman–Crippen MR) is 108 cm³/mol. The molecular formula is C22H28N2O4. The lowest BCUT2D eigenvalue weighted by atomic mass is 9.98. The van der Waals surface area contributed by atoms with Crippen molar-refractivity contribution < 1.29 is 19.1 Å². The summed E-state index contributed by atoms with van der Waals surface area (Å²) in [5, 5.41) is 0. The van der Waals surface area contributed by atoms with E-state index in [4.69, 9.17) is 9.47 Å². The van der Waals surface area contributed by atoms with Crippen LogP contribution < -0.4 is 20.3 Å². The molecule has 0 aliphatic heterocycles. The van der Waals surface area contributed by atoms with Crippen molar-refractivity contribution in [3.8, 4) is 11.5 Å². The summed E-state index contributed by atoms with van der Waals surface area (Å²) >= 11 is 0. The summed E-state index contributed by atoms with van der Waals surface area (Å²) in [5.74, 6) is 0.730. The molecule has 6 nitrogen and oxygen atoms in total. The zero-order valence-corrected chi connectivity index (χ0v) is 16.9. The normalized spacial score (nSPS) is 11.4. The smallest absolute Gasteiger partial charge is 0.276 e. The highest BCUT2D eigenvalue weighted by molar-refractivity contribution is 5.83. The SMILES string of the molecule is CCC(C)c1ccccc1OCC(=O)NNC(=O)COc1cc(C)cc(C)c1. The van der Waals surface area contributed by atoms with Crippen molar-refractivity contribution in [1.29, 1.82) is 0 Å². The Morgan fingerprint density at radius 3 is 2.11 bits per heavy atom. The molecule has 0 fully saturated rings. The van der Waals surface area contributed by atoms with Gasteiger partial charge in [0, 0.05) is 0 Å². The number of amides is 2. The minimum absolute atomic E-state index is 0.189. The molecule has 1 atom stereocenters. The molecule has 2 rings (SSSR count). The Morgan fingerprint density at radius 2 is 1.50 bits per heavy atom. The van der Waals surface area contributed by atoms with Crippen LogP contribution in [0.25, 0.3) is 0 Å². The molecule has 0 spiro atoms. The van der Waals surface area contributed by atoms with E-state index in [2.05, 4.69) is 24.7 Å². The number of hydrogen-bond acceptors (Lipinski definition) is 4. The molecule has 2 aromatic carbocycles. The maximum Gasteiger partial charge on any atom is 0.276 e. The van der Waals surface area contributed by atoms with Crippen LogP contribution in [0.1, 0.15) is 42.9 Å². The van der Waals surface area contributed by atoms with Gasteiger partial charge in [0.15, 0.2) is 13.2 Å². The Morgan fingerprint density at radius 1 is 0.929 bits per heavy atom. The van der Waals surface area contributed by atoms with Crippen LogP contribution in [0.15, 0.2) is 42.5 Å². The zero-order chi connectivity index (χ0) is 20.5. The molecule has 28 heavy (non-hydrogen) atoms. The van der Waals surface area contributed by atoms with Crippen LogP contribution in [-0.2, 0) is 9.59 Å². The minimum atomic E-state index is -0.451. The molecule has 0 saturated carbocycles. The van der Waals surface area contributed by atoms with Gasteiger partial charge in [-0.15, -0.1) is 0 Å². The van der Waals surface area contributed by atoms with Gasteiger partial charge in [-0.1, -0.05) is 38.1 Å². The molecule has 2 aromatic rings. The molecule has 150 valence electrons. The molecule has 0 saturated heterocycles. The van der Waals surface area contributed by atoms with E-state index in [1.165, 1.54) is 0 Å². The summed E-state index contributed by atoms with van der Waals surface area (Å²) in [7, 11) is 0. The molecule has 0 aromatic heterocycles. The fourth-order valence-corrected chi connectivity index (χ4v) is 2.76. The lowest BCUT2D eigenvalue weighted by Gasteiger charge is -2.15. The number of aryl methyl sites for hydroxylation is 2. The van der Waals surface area contributed by atoms with Gasteiger partial charge < -0.3 is 9.47 Å². The first-order chi connectivity index (χ1) is 13.4. The minimum Gasteiger partial charge on any atom is -0.484 e. The van der Waals surface area contributed by atoms with Gasteiger partial charge >= 0.3 is 0 Å². The highest BCUT2D eigenvalue weighted by atomic mass is 16.5. The Kier molecular flexibility index (Phi) is 7.87. The lowest BCUT2D eigenvalue weighted by molar-refractivity contribution is -0.131. The predicted octanol–water partition coefficient (Wildman–Crippen LogP) is 3.42. The van der Waals surface area contributed by atoms with Crippen LogP contribution in [-0.4, -0.2) is 25.0 Å². The van der Waals surface area contributed by atoms with Crippen molar-refractivity contribution in [2.75, 3.05) is 13.2 Å². The summed E-state index contributed by atoms with van der Waals surface area (Å²) in [4.78, 5) is 23.8. The van der Waals surface area contributed by atoms with Crippen LogP contribution in [0.2, 0.25) is 0 Å². The third kappa shape index (κ3) is 6.61. The average molecular weight is 384 g/mol. The highest BCUT2D eigenvalue weighted by Gasteiger charge is 2.12. The second kappa shape index (κ2) is 10.3. The first kappa shape index (κ1) is 21.3. The Bertz CT molecular complexity index is 800. The van der Waals surface area contributed by atoms with Crippen molar-refractivity contribution in [2.24, 2.45) is 0 Å². The van der Waals surface area contributed by atoms with Crippen LogP contribution in [0, 0.1) is 13.8 Å². The summed E-state index contributed by atoms with van der Waals surface area (Å²) in [6, 6.07) is 13.4. The Labute approximate surface area is 166 Å². The van der Waals surface area contributed by atoms with Crippen LogP contribution in [0.4, 0.5) is 0 Å². The Hall–Kier alpha value is -3.02. The monoisotopic (exact) mass is 384 g/mol. The summed E-state index contributed by atoms with van der Waals surface area (Å²) < 4.78 is 11.1. The molecule has 2 amide bonds. The van der Waals surface area contributed by atoms with E-state index in [0.717, 1.165) is 23.1 Å². The Balaban J connectivity index is 1.76. The van der Waals surface area contributed by atoms with Crippen LogP contribution >= 0.6 is 0 Å². The third-order valence-electron chi connectivity index (χ3n) is 4.33. The van der Waals surface area contributed by atoms with Gasteiger partial charge in [0.05, 0.1) is 0 Å². The number of rotatable bonds is 8. The van der Waals surface area contributed by atoms with Gasteiger partial charge in [0.1, 0.15) is 11.5 Å². The first-order valence-corrected chi connectivity index (χ1v) is 9.39. The van der Waals surface area contributed by atoms with E-state index in [0.29, 0.717) is 17.4 Å². The summed E-state index contributed by atoms with van der Waals surface area (Å²) in [6.45, 7) is 7.74. The molecule has 0 aliphatic rings. The third-order valence-corrected chi connectivity index (χ3v) is 4.33. The fourth-order valence-electron chi connectivity index (χ4n) is 2.76. The molecule has 1 unspecified atom stereocenters. The molecule has 2 N–H and O–H groups in total. The summed E-state index contributed by atoms with van der Waals surface area (Å²) in [5.41, 5.74) is 7.82. The quantitative estimate of drug-likeness (QED) is 0.684. The van der Waals surface area contributed by atoms with E-state index in [9.17, 15) is 9.59 Å². The van der Waals surface area contributed by atoms with E-state index in [-0.39, 0.29) is 13.2 Å². The molecule has 6 heteroatoms. The number of hydrazine groups is 1. The number of carbonyl (C=O) groups excluding carboxylic acids is 2. The first-order valence-electron chi connectivity index (χ1n) is 9.39. The number of benzene rings is 2. The van der Waals surface area contributed by atoms with Crippen LogP contribution in [0.3, 0.4) is 0 Å². The number of para-hydroxylation sites is 1. The molecular weight excluding hydrogens is 356 g/mol. The molecule has 0 aliphatic carbocycles. The molecule has 0 heterocycles. The standard InChI is InChI=1S/C22H28N2O4/c1-5-17(4)19-8-6-7-9-20(19)28-14-22(26)24-23-21(25)13-27-18-11-15(2)10-16(3)12-18/h6-12,17H,5,13-14H2,1-4H3,(H,23,25)(H,24,26). The van der Waals surface area contributed by atoms with Crippen molar-refractivity contribution >= 4 is 11.8 Å². The second-order valence-corrected chi connectivity index (χ2v) is 6.84. The topological polar surface area (TPSA) is 76.7 Å². The largest absolute Gasteiger partial charge is 0.484 e. The number of nitrogens with one attached hydrogen (secondary N) is 2.